The summed E-state index contributed by atoms with van der Waals surface area (Å²) < 4.78 is 10.2. The van der Waals surface area contributed by atoms with Crippen LogP contribution in [0.25, 0.3) is 0 Å². The van der Waals surface area contributed by atoms with Crippen molar-refractivity contribution < 1.29 is 14.6 Å². The Morgan fingerprint density at radius 3 is 2.67 bits per heavy atom. The minimum atomic E-state index is -0.200. The SMILES string of the molecule is COC(CNC1CCCC1(C)CO)OC. The third kappa shape index (κ3) is 3.14. The average Bonchev–Trinajstić information content (AvgIpc) is 2.63. The molecule has 2 N–H and O–H groups in total. The second-order valence-corrected chi connectivity index (χ2v) is 4.57. The van der Waals surface area contributed by atoms with Gasteiger partial charge in [-0.05, 0) is 12.8 Å². The van der Waals surface area contributed by atoms with Crippen LogP contribution in [-0.2, 0) is 9.47 Å². The number of hydrogen-bond donors (Lipinski definition) is 2. The number of methoxy groups -OCH3 is 2. The Kier molecular flexibility index (Phi) is 4.99. The number of aliphatic hydroxyl groups excluding tert-OH is 1. The van der Waals surface area contributed by atoms with Gasteiger partial charge < -0.3 is 19.9 Å². The van der Waals surface area contributed by atoms with Crippen LogP contribution < -0.4 is 5.32 Å². The highest BCUT2D eigenvalue weighted by molar-refractivity contribution is 4.93. The molecular formula is C11H23NO3. The first kappa shape index (κ1) is 12.9. The second kappa shape index (κ2) is 5.80. The van der Waals surface area contributed by atoms with Crippen LogP contribution in [0.3, 0.4) is 0 Å². The van der Waals surface area contributed by atoms with Gasteiger partial charge >= 0.3 is 0 Å². The normalized spacial score (nSPS) is 31.4. The van der Waals surface area contributed by atoms with Crippen molar-refractivity contribution in [1.82, 2.24) is 5.32 Å². The third-order valence-corrected chi connectivity index (χ3v) is 3.50. The first-order chi connectivity index (χ1) is 7.16. The summed E-state index contributed by atoms with van der Waals surface area (Å²) in [6, 6.07) is 0.371. The van der Waals surface area contributed by atoms with E-state index in [1.54, 1.807) is 14.2 Å². The summed E-state index contributed by atoms with van der Waals surface area (Å²) in [5, 5.41) is 12.8. The van der Waals surface area contributed by atoms with Crippen molar-refractivity contribution in [2.45, 2.75) is 38.5 Å². The van der Waals surface area contributed by atoms with Crippen molar-refractivity contribution in [3.05, 3.63) is 0 Å². The number of aliphatic hydroxyl groups is 1. The molecule has 4 nitrogen and oxygen atoms in total. The van der Waals surface area contributed by atoms with Crippen LogP contribution in [0.4, 0.5) is 0 Å². The van der Waals surface area contributed by atoms with Crippen molar-refractivity contribution in [2.24, 2.45) is 5.41 Å². The molecule has 0 aromatic rings. The molecule has 2 atom stereocenters. The van der Waals surface area contributed by atoms with E-state index in [0.29, 0.717) is 12.6 Å². The molecule has 0 aromatic carbocycles. The highest BCUT2D eigenvalue weighted by Crippen LogP contribution is 2.37. The number of ether oxygens (including phenoxy) is 2. The third-order valence-electron chi connectivity index (χ3n) is 3.50. The Bertz CT molecular complexity index is 185. The molecule has 0 radical (unpaired) electrons. The maximum atomic E-state index is 9.37. The summed E-state index contributed by atoms with van der Waals surface area (Å²) in [4.78, 5) is 0. The lowest BCUT2D eigenvalue weighted by Gasteiger charge is -2.31. The fraction of sp³-hybridized carbons (Fsp3) is 1.00. The van der Waals surface area contributed by atoms with Crippen LogP contribution in [0, 0.1) is 5.41 Å². The van der Waals surface area contributed by atoms with Crippen LogP contribution in [-0.4, -0.2) is 44.8 Å². The molecule has 4 heteroatoms. The molecule has 1 aliphatic rings. The molecule has 1 aliphatic carbocycles. The first-order valence-electron chi connectivity index (χ1n) is 5.56. The lowest BCUT2D eigenvalue weighted by Crippen LogP contribution is -2.45. The van der Waals surface area contributed by atoms with Gasteiger partial charge in [-0.15, -0.1) is 0 Å². The lowest BCUT2D eigenvalue weighted by molar-refractivity contribution is -0.101. The Morgan fingerprint density at radius 1 is 1.47 bits per heavy atom. The van der Waals surface area contributed by atoms with Crippen LogP contribution in [0.15, 0.2) is 0 Å². The molecule has 0 saturated heterocycles. The lowest BCUT2D eigenvalue weighted by atomic mass is 9.86. The summed E-state index contributed by atoms with van der Waals surface area (Å²) in [6.45, 7) is 3.05. The van der Waals surface area contributed by atoms with Gasteiger partial charge in [-0.1, -0.05) is 13.3 Å². The second-order valence-electron chi connectivity index (χ2n) is 4.57. The van der Waals surface area contributed by atoms with Gasteiger partial charge in [0.25, 0.3) is 0 Å². The first-order valence-corrected chi connectivity index (χ1v) is 5.56. The van der Waals surface area contributed by atoms with E-state index in [0.717, 1.165) is 12.8 Å². The van der Waals surface area contributed by atoms with E-state index in [2.05, 4.69) is 12.2 Å². The number of hydrogen-bond acceptors (Lipinski definition) is 4. The topological polar surface area (TPSA) is 50.7 Å². The van der Waals surface area contributed by atoms with Gasteiger partial charge in [0.1, 0.15) is 0 Å². The minimum absolute atomic E-state index is 0.0199. The fourth-order valence-electron chi connectivity index (χ4n) is 2.27. The molecule has 0 aliphatic heterocycles. The fourth-order valence-corrected chi connectivity index (χ4v) is 2.27. The highest BCUT2D eigenvalue weighted by Gasteiger charge is 2.38. The summed E-state index contributed by atoms with van der Waals surface area (Å²) in [7, 11) is 3.27. The Hall–Kier alpha value is -0.160. The predicted molar refractivity (Wildman–Crippen MR) is 58.6 cm³/mol. The molecular weight excluding hydrogens is 194 g/mol. The molecule has 0 heterocycles. The Balaban J connectivity index is 2.37. The summed E-state index contributed by atoms with van der Waals surface area (Å²) in [6.07, 6.45) is 3.19. The summed E-state index contributed by atoms with van der Waals surface area (Å²) in [5.41, 5.74) is 0.0199. The van der Waals surface area contributed by atoms with Gasteiger partial charge in [0.2, 0.25) is 0 Å². The van der Waals surface area contributed by atoms with Gasteiger partial charge in [-0.2, -0.15) is 0 Å². The van der Waals surface area contributed by atoms with Gasteiger partial charge in [-0.3, -0.25) is 0 Å². The molecule has 2 unspecified atom stereocenters. The number of nitrogens with one attached hydrogen (secondary N) is 1. The average molecular weight is 217 g/mol. The monoisotopic (exact) mass is 217 g/mol. The van der Waals surface area contributed by atoms with Crippen molar-refractivity contribution in [3.8, 4) is 0 Å². The van der Waals surface area contributed by atoms with Gasteiger partial charge in [0.15, 0.2) is 6.29 Å². The smallest absolute Gasteiger partial charge is 0.169 e. The van der Waals surface area contributed by atoms with Crippen LogP contribution in [0.1, 0.15) is 26.2 Å². The maximum absolute atomic E-state index is 9.37. The molecule has 0 bridgehead atoms. The van der Waals surface area contributed by atoms with E-state index in [1.807, 2.05) is 0 Å². The molecule has 0 aromatic heterocycles. The molecule has 0 amide bonds. The number of rotatable bonds is 6. The molecule has 15 heavy (non-hydrogen) atoms. The zero-order valence-electron chi connectivity index (χ0n) is 9.95. The zero-order valence-corrected chi connectivity index (χ0v) is 9.95. The van der Waals surface area contributed by atoms with Crippen molar-refractivity contribution in [1.29, 1.82) is 0 Å². The Labute approximate surface area is 92.0 Å². The van der Waals surface area contributed by atoms with Crippen LogP contribution in [0.2, 0.25) is 0 Å². The largest absolute Gasteiger partial charge is 0.396 e. The Morgan fingerprint density at radius 2 is 2.13 bits per heavy atom. The van der Waals surface area contributed by atoms with Crippen LogP contribution in [0.5, 0.6) is 0 Å². The van der Waals surface area contributed by atoms with Gasteiger partial charge in [-0.25, -0.2) is 0 Å². The standard InChI is InChI=1S/C11H23NO3/c1-11(8-13)6-4-5-9(11)12-7-10(14-2)15-3/h9-10,12-13H,4-8H2,1-3H3. The van der Waals surface area contributed by atoms with E-state index in [1.165, 1.54) is 6.42 Å². The molecule has 1 rings (SSSR count). The maximum Gasteiger partial charge on any atom is 0.169 e. The molecule has 1 saturated carbocycles. The predicted octanol–water partition coefficient (Wildman–Crippen LogP) is 0.746. The van der Waals surface area contributed by atoms with E-state index >= 15 is 0 Å². The molecule has 1 fully saturated rings. The van der Waals surface area contributed by atoms with Gasteiger partial charge in [0.05, 0.1) is 0 Å². The molecule has 90 valence electrons. The highest BCUT2D eigenvalue weighted by atomic mass is 16.7. The zero-order chi connectivity index (χ0) is 11.3. The minimum Gasteiger partial charge on any atom is -0.396 e. The summed E-state index contributed by atoms with van der Waals surface area (Å²) >= 11 is 0. The van der Waals surface area contributed by atoms with E-state index < -0.39 is 0 Å². The van der Waals surface area contributed by atoms with Crippen LogP contribution >= 0.6 is 0 Å². The van der Waals surface area contributed by atoms with Crippen molar-refractivity contribution in [2.75, 3.05) is 27.4 Å². The van der Waals surface area contributed by atoms with E-state index in [9.17, 15) is 5.11 Å². The quantitative estimate of drug-likeness (QED) is 0.645. The van der Waals surface area contributed by atoms with Gasteiger partial charge in [0, 0.05) is 38.8 Å². The van der Waals surface area contributed by atoms with Crippen molar-refractivity contribution in [3.63, 3.8) is 0 Å². The summed E-state index contributed by atoms with van der Waals surface area (Å²) in [5.74, 6) is 0. The van der Waals surface area contributed by atoms with E-state index in [4.69, 9.17) is 9.47 Å². The van der Waals surface area contributed by atoms with E-state index in [-0.39, 0.29) is 18.3 Å². The molecule has 0 spiro atoms. The van der Waals surface area contributed by atoms with Crippen molar-refractivity contribution >= 4 is 0 Å².